The largest absolute Gasteiger partial charge is 0.456 e. The lowest BCUT2D eigenvalue weighted by molar-refractivity contribution is 0.465. The number of nitrogens with zero attached hydrogens (tertiary/aromatic N) is 1. The minimum absolute atomic E-state index is 0.0860. The second-order valence-corrected chi connectivity index (χ2v) is 3.91. The van der Waals surface area contributed by atoms with Gasteiger partial charge in [0.25, 0.3) is 0 Å². The first kappa shape index (κ1) is 12.4. The minimum Gasteiger partial charge on any atom is -0.456 e. The quantitative estimate of drug-likeness (QED) is 0.910. The van der Waals surface area contributed by atoms with Gasteiger partial charge in [0.05, 0.1) is 11.9 Å². The van der Waals surface area contributed by atoms with Gasteiger partial charge in [-0.2, -0.15) is 0 Å². The number of pyridine rings is 1. The average molecular weight is 250 g/mol. The number of ether oxygens (including phenoxy) is 1. The highest BCUT2D eigenvalue weighted by atomic mass is 19.1. The molecule has 0 saturated carbocycles. The molecule has 0 aliphatic carbocycles. The lowest BCUT2D eigenvalue weighted by Gasteiger charge is -2.08. The standard InChI is InChI=1S/C13H12F2N2O/c1-8(16)13-3-2-11(7-17-13)18-12-5-9(14)4-10(15)6-12/h2-8H,16H2,1H3/t8-/m0/s1. The van der Waals surface area contributed by atoms with Gasteiger partial charge in [0.1, 0.15) is 23.1 Å². The van der Waals surface area contributed by atoms with Crippen molar-refractivity contribution in [3.05, 3.63) is 53.9 Å². The van der Waals surface area contributed by atoms with E-state index < -0.39 is 11.6 Å². The predicted octanol–water partition coefficient (Wildman–Crippen LogP) is 3.17. The van der Waals surface area contributed by atoms with E-state index in [0.717, 1.165) is 18.2 Å². The number of aromatic nitrogens is 1. The van der Waals surface area contributed by atoms with Crippen molar-refractivity contribution in [3.63, 3.8) is 0 Å². The highest BCUT2D eigenvalue weighted by molar-refractivity contribution is 5.31. The van der Waals surface area contributed by atoms with Gasteiger partial charge in [-0.05, 0) is 19.1 Å². The van der Waals surface area contributed by atoms with Crippen molar-refractivity contribution in [2.24, 2.45) is 5.73 Å². The van der Waals surface area contributed by atoms with Gasteiger partial charge in [-0.25, -0.2) is 8.78 Å². The Balaban J connectivity index is 2.18. The summed E-state index contributed by atoms with van der Waals surface area (Å²) in [4.78, 5) is 4.08. The van der Waals surface area contributed by atoms with Gasteiger partial charge in [-0.15, -0.1) is 0 Å². The Labute approximate surface area is 103 Å². The van der Waals surface area contributed by atoms with E-state index >= 15 is 0 Å². The first-order valence-corrected chi connectivity index (χ1v) is 5.40. The molecule has 3 nitrogen and oxygen atoms in total. The van der Waals surface area contributed by atoms with Gasteiger partial charge in [-0.1, -0.05) is 0 Å². The van der Waals surface area contributed by atoms with Crippen molar-refractivity contribution in [1.29, 1.82) is 0 Å². The fraction of sp³-hybridized carbons (Fsp3) is 0.154. The Kier molecular flexibility index (Phi) is 3.53. The van der Waals surface area contributed by atoms with Crippen molar-refractivity contribution in [2.75, 3.05) is 0 Å². The van der Waals surface area contributed by atoms with Crippen LogP contribution in [-0.4, -0.2) is 4.98 Å². The van der Waals surface area contributed by atoms with Gasteiger partial charge in [0.15, 0.2) is 0 Å². The first-order valence-electron chi connectivity index (χ1n) is 5.40. The zero-order valence-electron chi connectivity index (χ0n) is 9.73. The second-order valence-electron chi connectivity index (χ2n) is 3.91. The molecule has 0 fully saturated rings. The van der Waals surface area contributed by atoms with Crippen LogP contribution in [0, 0.1) is 11.6 Å². The lowest BCUT2D eigenvalue weighted by Crippen LogP contribution is -2.06. The molecule has 5 heteroatoms. The Hall–Kier alpha value is -2.01. The lowest BCUT2D eigenvalue weighted by atomic mass is 10.2. The summed E-state index contributed by atoms with van der Waals surface area (Å²) in [6.45, 7) is 1.81. The molecule has 18 heavy (non-hydrogen) atoms. The minimum atomic E-state index is -0.690. The van der Waals surface area contributed by atoms with Crippen LogP contribution in [0.2, 0.25) is 0 Å². The highest BCUT2D eigenvalue weighted by Crippen LogP contribution is 2.23. The van der Waals surface area contributed by atoms with E-state index in [2.05, 4.69) is 4.98 Å². The molecule has 2 rings (SSSR count). The Morgan fingerprint density at radius 1 is 1.11 bits per heavy atom. The second kappa shape index (κ2) is 5.10. The predicted molar refractivity (Wildman–Crippen MR) is 63.3 cm³/mol. The van der Waals surface area contributed by atoms with Gasteiger partial charge in [0, 0.05) is 24.2 Å². The zero-order valence-corrected chi connectivity index (χ0v) is 9.73. The molecule has 0 saturated heterocycles. The van der Waals surface area contributed by atoms with Crippen LogP contribution in [-0.2, 0) is 0 Å². The molecule has 1 aromatic heterocycles. The fourth-order valence-electron chi connectivity index (χ4n) is 1.44. The van der Waals surface area contributed by atoms with E-state index in [9.17, 15) is 8.78 Å². The third kappa shape index (κ3) is 3.01. The molecular weight excluding hydrogens is 238 g/mol. The molecule has 0 radical (unpaired) electrons. The molecule has 2 N–H and O–H groups in total. The van der Waals surface area contributed by atoms with Crippen LogP contribution in [0.1, 0.15) is 18.7 Å². The van der Waals surface area contributed by atoms with Crippen LogP contribution < -0.4 is 10.5 Å². The molecule has 0 amide bonds. The molecule has 0 spiro atoms. The first-order chi connectivity index (χ1) is 8.54. The summed E-state index contributed by atoms with van der Waals surface area (Å²) >= 11 is 0. The SMILES string of the molecule is C[C@H](N)c1ccc(Oc2cc(F)cc(F)c2)cn1. The molecule has 1 heterocycles. The number of nitrogens with two attached hydrogens (primary N) is 1. The highest BCUT2D eigenvalue weighted by Gasteiger charge is 2.05. The fourth-order valence-corrected chi connectivity index (χ4v) is 1.44. The van der Waals surface area contributed by atoms with Crippen molar-refractivity contribution in [2.45, 2.75) is 13.0 Å². The van der Waals surface area contributed by atoms with Crippen LogP contribution >= 0.6 is 0 Å². The summed E-state index contributed by atoms with van der Waals surface area (Å²) in [5.74, 6) is -0.900. The van der Waals surface area contributed by atoms with E-state index in [1.807, 2.05) is 6.92 Å². The van der Waals surface area contributed by atoms with E-state index in [-0.39, 0.29) is 11.8 Å². The van der Waals surface area contributed by atoms with E-state index in [0.29, 0.717) is 11.4 Å². The number of rotatable bonds is 3. The molecule has 1 atom stereocenters. The molecule has 94 valence electrons. The van der Waals surface area contributed by atoms with Gasteiger partial charge in [-0.3, -0.25) is 4.98 Å². The maximum Gasteiger partial charge on any atom is 0.145 e. The smallest absolute Gasteiger partial charge is 0.145 e. The third-order valence-electron chi connectivity index (χ3n) is 2.30. The molecular formula is C13H12F2N2O. The third-order valence-corrected chi connectivity index (χ3v) is 2.30. The van der Waals surface area contributed by atoms with E-state index in [4.69, 9.17) is 10.5 Å². The number of hydrogen-bond donors (Lipinski definition) is 1. The molecule has 0 unspecified atom stereocenters. The van der Waals surface area contributed by atoms with Crippen LogP contribution in [0.3, 0.4) is 0 Å². The Morgan fingerprint density at radius 3 is 2.28 bits per heavy atom. The normalized spacial score (nSPS) is 12.2. The van der Waals surface area contributed by atoms with Crippen LogP contribution in [0.4, 0.5) is 8.78 Å². The summed E-state index contributed by atoms with van der Waals surface area (Å²) in [7, 11) is 0. The Morgan fingerprint density at radius 2 is 1.78 bits per heavy atom. The molecule has 0 aliphatic rings. The van der Waals surface area contributed by atoms with Gasteiger partial charge in [0.2, 0.25) is 0 Å². The summed E-state index contributed by atoms with van der Waals surface area (Å²) in [6, 6.07) is 6.16. The average Bonchev–Trinajstić information content (AvgIpc) is 2.28. The summed E-state index contributed by atoms with van der Waals surface area (Å²) in [5.41, 5.74) is 6.37. The zero-order chi connectivity index (χ0) is 13.1. The van der Waals surface area contributed by atoms with Crippen LogP contribution in [0.25, 0.3) is 0 Å². The summed E-state index contributed by atoms with van der Waals surface area (Å²) in [6.07, 6.45) is 1.46. The maximum absolute atomic E-state index is 12.9. The van der Waals surface area contributed by atoms with Crippen molar-refractivity contribution >= 4 is 0 Å². The van der Waals surface area contributed by atoms with E-state index in [1.165, 1.54) is 6.20 Å². The van der Waals surface area contributed by atoms with Gasteiger partial charge < -0.3 is 10.5 Å². The van der Waals surface area contributed by atoms with E-state index in [1.54, 1.807) is 12.1 Å². The molecule has 0 aliphatic heterocycles. The summed E-state index contributed by atoms with van der Waals surface area (Å²) in [5, 5.41) is 0. The van der Waals surface area contributed by atoms with Crippen molar-refractivity contribution < 1.29 is 13.5 Å². The molecule has 1 aromatic carbocycles. The maximum atomic E-state index is 12.9. The van der Waals surface area contributed by atoms with Gasteiger partial charge >= 0.3 is 0 Å². The van der Waals surface area contributed by atoms with Crippen LogP contribution in [0.15, 0.2) is 36.5 Å². The van der Waals surface area contributed by atoms with Crippen molar-refractivity contribution in [1.82, 2.24) is 4.98 Å². The number of halogens is 2. The number of hydrogen-bond acceptors (Lipinski definition) is 3. The van der Waals surface area contributed by atoms with Crippen molar-refractivity contribution in [3.8, 4) is 11.5 Å². The molecule has 2 aromatic rings. The topological polar surface area (TPSA) is 48.1 Å². The van der Waals surface area contributed by atoms with Crippen LogP contribution in [0.5, 0.6) is 11.5 Å². The summed E-state index contributed by atoms with van der Waals surface area (Å²) < 4.78 is 31.2. The molecule has 0 bridgehead atoms. The number of benzene rings is 1. The Bertz CT molecular complexity index is 521. The monoisotopic (exact) mass is 250 g/mol.